The molecule has 0 fully saturated rings. The summed E-state index contributed by atoms with van der Waals surface area (Å²) in [6.45, 7) is 3.34. The van der Waals surface area contributed by atoms with Gasteiger partial charge >= 0.3 is 0 Å². The third kappa shape index (κ3) is 3.94. The van der Waals surface area contributed by atoms with Gasteiger partial charge in [0.1, 0.15) is 11.5 Å². The number of nitro benzene ring substituents is 1. The molecule has 2 aromatic rings. The molecule has 1 heterocycles. The van der Waals surface area contributed by atoms with Crippen LogP contribution in [-0.2, 0) is 11.2 Å². The van der Waals surface area contributed by atoms with E-state index in [9.17, 15) is 19.7 Å². The molecule has 0 saturated carbocycles. The zero-order chi connectivity index (χ0) is 17.0. The molecule has 2 N–H and O–H groups in total. The second-order valence-corrected chi connectivity index (χ2v) is 4.89. The monoisotopic (exact) mass is 317 g/mol. The van der Waals surface area contributed by atoms with Gasteiger partial charge in [0.25, 0.3) is 11.6 Å². The summed E-state index contributed by atoms with van der Waals surface area (Å²) in [5.41, 5.74) is 4.92. The van der Waals surface area contributed by atoms with Gasteiger partial charge < -0.3 is 4.42 Å². The van der Waals surface area contributed by atoms with Crippen molar-refractivity contribution in [1.29, 1.82) is 0 Å². The first kappa shape index (κ1) is 16.2. The molecule has 8 heteroatoms. The van der Waals surface area contributed by atoms with E-state index in [1.54, 1.807) is 26.0 Å². The number of carbonyl (C=O) groups is 2. The number of nitro groups is 1. The number of hydrazine groups is 1. The van der Waals surface area contributed by atoms with Crippen LogP contribution in [0.2, 0.25) is 0 Å². The summed E-state index contributed by atoms with van der Waals surface area (Å²) in [5, 5.41) is 10.9. The summed E-state index contributed by atoms with van der Waals surface area (Å²) in [6.07, 6.45) is -0.221. The van der Waals surface area contributed by atoms with Crippen LogP contribution in [0.5, 0.6) is 0 Å². The van der Waals surface area contributed by atoms with E-state index in [1.165, 1.54) is 18.2 Å². The number of benzene rings is 1. The maximum Gasteiger partial charge on any atom is 0.273 e. The number of hydrogen-bond donors (Lipinski definition) is 2. The number of aryl methyl sites for hydroxylation is 2. The molecule has 8 nitrogen and oxygen atoms in total. The highest BCUT2D eigenvalue weighted by atomic mass is 16.6. The number of carbonyl (C=O) groups excluding carboxylic acids is 2. The summed E-state index contributed by atoms with van der Waals surface area (Å²) >= 11 is 0. The van der Waals surface area contributed by atoms with Crippen molar-refractivity contribution < 1.29 is 18.9 Å². The van der Waals surface area contributed by atoms with Crippen LogP contribution in [0.15, 0.2) is 34.7 Å². The molecule has 0 saturated heterocycles. The Bertz CT molecular complexity index is 766. The van der Waals surface area contributed by atoms with E-state index in [2.05, 4.69) is 10.9 Å². The standard InChI is InChI=1S/C15H15N3O5/c1-9-7-12(10(2)23-9)15(20)17-16-14(19)8-11-5-3-4-6-13(11)18(21)22/h3-7H,8H2,1-2H3,(H,16,19)(H,17,20). The van der Waals surface area contributed by atoms with Gasteiger partial charge in [0, 0.05) is 11.6 Å². The number of rotatable bonds is 4. The minimum absolute atomic E-state index is 0.143. The van der Waals surface area contributed by atoms with E-state index in [1.807, 2.05) is 0 Å². The Balaban J connectivity index is 1.97. The lowest BCUT2D eigenvalue weighted by Gasteiger charge is -2.07. The fourth-order valence-corrected chi connectivity index (χ4v) is 2.11. The summed E-state index contributed by atoms with van der Waals surface area (Å²) < 4.78 is 5.23. The predicted molar refractivity (Wildman–Crippen MR) is 80.6 cm³/mol. The van der Waals surface area contributed by atoms with Gasteiger partial charge in [-0.05, 0) is 19.9 Å². The fourth-order valence-electron chi connectivity index (χ4n) is 2.11. The molecule has 120 valence electrons. The molecule has 0 aliphatic rings. The Morgan fingerprint density at radius 2 is 1.91 bits per heavy atom. The van der Waals surface area contributed by atoms with Crippen LogP contribution in [-0.4, -0.2) is 16.7 Å². The van der Waals surface area contributed by atoms with Crippen molar-refractivity contribution in [2.45, 2.75) is 20.3 Å². The maximum absolute atomic E-state index is 11.9. The average molecular weight is 317 g/mol. The highest BCUT2D eigenvalue weighted by Gasteiger charge is 2.17. The van der Waals surface area contributed by atoms with Crippen molar-refractivity contribution in [3.8, 4) is 0 Å². The van der Waals surface area contributed by atoms with Crippen LogP contribution in [0.3, 0.4) is 0 Å². The second kappa shape index (κ2) is 6.73. The van der Waals surface area contributed by atoms with E-state index < -0.39 is 16.7 Å². The molecule has 0 aliphatic heterocycles. The molecular formula is C15H15N3O5. The third-order valence-corrected chi connectivity index (χ3v) is 3.14. The van der Waals surface area contributed by atoms with Crippen molar-refractivity contribution in [2.75, 3.05) is 0 Å². The first-order valence-corrected chi connectivity index (χ1v) is 6.77. The number of nitrogens with zero attached hydrogens (tertiary/aromatic N) is 1. The number of amides is 2. The van der Waals surface area contributed by atoms with E-state index >= 15 is 0 Å². The molecule has 1 aromatic heterocycles. The Morgan fingerprint density at radius 3 is 2.52 bits per heavy atom. The smallest absolute Gasteiger partial charge is 0.273 e. The van der Waals surface area contributed by atoms with Gasteiger partial charge in [-0.1, -0.05) is 18.2 Å². The maximum atomic E-state index is 11.9. The van der Waals surface area contributed by atoms with Crippen LogP contribution in [0, 0.1) is 24.0 Å². The van der Waals surface area contributed by atoms with Crippen LogP contribution in [0.25, 0.3) is 0 Å². The zero-order valence-corrected chi connectivity index (χ0v) is 12.6. The van der Waals surface area contributed by atoms with E-state index in [4.69, 9.17) is 4.42 Å². The molecule has 2 amide bonds. The van der Waals surface area contributed by atoms with Crippen molar-refractivity contribution in [3.63, 3.8) is 0 Å². The van der Waals surface area contributed by atoms with Crippen molar-refractivity contribution in [2.24, 2.45) is 0 Å². The van der Waals surface area contributed by atoms with Gasteiger partial charge in [-0.25, -0.2) is 0 Å². The number of para-hydroxylation sites is 1. The Labute approximate surface area is 131 Å². The van der Waals surface area contributed by atoms with E-state index in [0.717, 1.165) is 0 Å². The first-order valence-electron chi connectivity index (χ1n) is 6.77. The average Bonchev–Trinajstić information content (AvgIpc) is 2.84. The first-order chi connectivity index (χ1) is 10.9. The van der Waals surface area contributed by atoms with Gasteiger partial charge in [-0.15, -0.1) is 0 Å². The fraction of sp³-hybridized carbons (Fsp3) is 0.200. The Hall–Kier alpha value is -3.16. The molecular weight excluding hydrogens is 302 g/mol. The molecule has 0 atom stereocenters. The normalized spacial score (nSPS) is 10.2. The van der Waals surface area contributed by atoms with Crippen LogP contribution >= 0.6 is 0 Å². The van der Waals surface area contributed by atoms with E-state index in [0.29, 0.717) is 17.1 Å². The minimum atomic E-state index is -0.564. The Kier molecular flexibility index (Phi) is 4.75. The van der Waals surface area contributed by atoms with E-state index in [-0.39, 0.29) is 17.7 Å². The predicted octanol–water partition coefficient (Wildman–Crippen LogP) is 1.81. The lowest BCUT2D eigenvalue weighted by molar-refractivity contribution is -0.385. The van der Waals surface area contributed by atoms with Crippen molar-refractivity contribution in [1.82, 2.24) is 10.9 Å². The highest BCUT2D eigenvalue weighted by Crippen LogP contribution is 2.18. The van der Waals surface area contributed by atoms with Crippen LogP contribution in [0.4, 0.5) is 5.69 Å². The molecule has 0 bridgehead atoms. The van der Waals surface area contributed by atoms with Gasteiger partial charge in [-0.3, -0.25) is 30.6 Å². The summed E-state index contributed by atoms with van der Waals surface area (Å²) in [7, 11) is 0. The minimum Gasteiger partial charge on any atom is -0.466 e. The highest BCUT2D eigenvalue weighted by molar-refractivity contribution is 5.96. The topological polar surface area (TPSA) is 114 Å². The van der Waals surface area contributed by atoms with Crippen molar-refractivity contribution in [3.05, 3.63) is 63.1 Å². The molecule has 0 unspecified atom stereocenters. The van der Waals surface area contributed by atoms with Gasteiger partial charge in [0.05, 0.1) is 16.9 Å². The second-order valence-electron chi connectivity index (χ2n) is 4.89. The van der Waals surface area contributed by atoms with Crippen LogP contribution in [0.1, 0.15) is 27.4 Å². The van der Waals surface area contributed by atoms with Gasteiger partial charge in [0.2, 0.25) is 5.91 Å². The van der Waals surface area contributed by atoms with Gasteiger partial charge in [0.15, 0.2) is 0 Å². The summed E-state index contributed by atoms with van der Waals surface area (Å²) in [5.74, 6) is -0.0624. The molecule has 1 aromatic carbocycles. The Morgan fingerprint density at radius 1 is 1.22 bits per heavy atom. The number of nitrogens with one attached hydrogen (secondary N) is 2. The molecule has 0 radical (unpaired) electrons. The largest absolute Gasteiger partial charge is 0.466 e. The lowest BCUT2D eigenvalue weighted by Crippen LogP contribution is -2.42. The number of furan rings is 1. The van der Waals surface area contributed by atoms with Gasteiger partial charge in [-0.2, -0.15) is 0 Å². The molecule has 2 rings (SSSR count). The quantitative estimate of drug-likeness (QED) is 0.659. The van der Waals surface area contributed by atoms with Crippen LogP contribution < -0.4 is 10.9 Å². The molecule has 23 heavy (non-hydrogen) atoms. The summed E-state index contributed by atoms with van der Waals surface area (Å²) in [6, 6.07) is 7.48. The molecule has 0 spiro atoms. The SMILES string of the molecule is Cc1cc(C(=O)NNC(=O)Cc2ccccc2[N+](=O)[O-])c(C)o1. The molecule has 0 aliphatic carbocycles. The summed E-state index contributed by atoms with van der Waals surface area (Å²) in [4.78, 5) is 34.1. The number of hydrogen-bond acceptors (Lipinski definition) is 5. The third-order valence-electron chi connectivity index (χ3n) is 3.14. The lowest BCUT2D eigenvalue weighted by atomic mass is 10.1. The van der Waals surface area contributed by atoms with Crippen molar-refractivity contribution >= 4 is 17.5 Å². The zero-order valence-electron chi connectivity index (χ0n) is 12.6.